The summed E-state index contributed by atoms with van der Waals surface area (Å²) in [5, 5.41) is 13.0. The smallest absolute Gasteiger partial charge is 0.168 e. The van der Waals surface area contributed by atoms with E-state index in [0.29, 0.717) is 40.3 Å². The summed E-state index contributed by atoms with van der Waals surface area (Å²) >= 11 is 7.38. The summed E-state index contributed by atoms with van der Waals surface area (Å²) in [7, 11) is 0. The second kappa shape index (κ2) is 7.83. The molecule has 1 aromatic heterocycles. The van der Waals surface area contributed by atoms with Crippen molar-refractivity contribution in [2.75, 3.05) is 13.2 Å². The average Bonchev–Trinajstić information content (AvgIpc) is 3.04. The van der Waals surface area contributed by atoms with Gasteiger partial charge in [0.25, 0.3) is 0 Å². The number of aromatic nitrogens is 1. The molecule has 2 aromatic carbocycles. The van der Waals surface area contributed by atoms with E-state index >= 15 is 0 Å². The number of benzene rings is 2. The number of hydrogen-bond donors (Lipinski definition) is 0. The number of rotatable bonds is 3. The van der Waals surface area contributed by atoms with Crippen LogP contribution < -0.4 is 9.47 Å². The molecular weight excluding hydrogens is 380 g/mol. The first kappa shape index (κ1) is 17.6. The molecule has 0 fully saturated rings. The minimum Gasteiger partial charge on any atom is -0.490 e. The molecule has 0 atom stereocenters. The van der Waals surface area contributed by atoms with E-state index in [4.69, 9.17) is 21.1 Å². The summed E-state index contributed by atoms with van der Waals surface area (Å²) < 4.78 is 11.6. The Hall–Kier alpha value is -2.81. The molecule has 0 amide bonds. The summed E-state index contributed by atoms with van der Waals surface area (Å²) in [5.74, 6) is 1.39. The van der Waals surface area contributed by atoms with Crippen molar-refractivity contribution in [1.82, 2.24) is 4.98 Å². The summed E-state index contributed by atoms with van der Waals surface area (Å²) in [6, 6.07) is 15.4. The molecule has 1 aliphatic rings. The topological polar surface area (TPSA) is 55.1 Å². The summed E-state index contributed by atoms with van der Waals surface area (Å²) in [6.45, 7) is 1.22. The van der Waals surface area contributed by atoms with Crippen molar-refractivity contribution in [3.05, 3.63) is 63.4 Å². The van der Waals surface area contributed by atoms with E-state index in [1.54, 1.807) is 6.08 Å². The van der Waals surface area contributed by atoms with Gasteiger partial charge in [-0.1, -0.05) is 35.9 Å². The van der Waals surface area contributed by atoms with Crippen molar-refractivity contribution < 1.29 is 9.47 Å². The van der Waals surface area contributed by atoms with Gasteiger partial charge >= 0.3 is 0 Å². The zero-order valence-corrected chi connectivity index (χ0v) is 15.9. The van der Waals surface area contributed by atoms with Crippen LogP contribution in [0.4, 0.5) is 0 Å². The Morgan fingerprint density at radius 1 is 1.15 bits per heavy atom. The standard InChI is InChI=1S/C21H15ClN2O2S/c22-17-7-5-14(6-8-17)18-13-27-21(24-18)16(12-23)11-15-3-1-4-19-20(15)26-10-2-9-25-19/h1,3-8,11,13H,2,9-10H2/b16-11+. The normalized spacial score (nSPS) is 13.7. The van der Waals surface area contributed by atoms with E-state index in [9.17, 15) is 5.26 Å². The Morgan fingerprint density at radius 2 is 1.96 bits per heavy atom. The lowest BCUT2D eigenvalue weighted by atomic mass is 10.1. The highest BCUT2D eigenvalue weighted by Gasteiger charge is 2.15. The first-order valence-corrected chi connectivity index (χ1v) is 9.72. The number of para-hydroxylation sites is 1. The Bertz CT molecular complexity index is 1040. The van der Waals surface area contributed by atoms with Crippen molar-refractivity contribution in [2.24, 2.45) is 0 Å². The largest absolute Gasteiger partial charge is 0.490 e. The third-order valence-corrected chi connectivity index (χ3v) is 5.22. The molecule has 2 heterocycles. The lowest BCUT2D eigenvalue weighted by Gasteiger charge is -2.10. The number of ether oxygens (including phenoxy) is 2. The van der Waals surface area contributed by atoms with Crippen molar-refractivity contribution in [2.45, 2.75) is 6.42 Å². The monoisotopic (exact) mass is 394 g/mol. The van der Waals surface area contributed by atoms with Gasteiger partial charge in [-0.15, -0.1) is 11.3 Å². The number of nitrogens with zero attached hydrogens (tertiary/aromatic N) is 2. The predicted octanol–water partition coefficient (Wildman–Crippen LogP) is 5.69. The van der Waals surface area contributed by atoms with Crippen molar-refractivity contribution in [1.29, 1.82) is 5.26 Å². The maximum Gasteiger partial charge on any atom is 0.168 e. The first-order chi connectivity index (χ1) is 13.2. The highest BCUT2D eigenvalue weighted by Crippen LogP contribution is 2.36. The van der Waals surface area contributed by atoms with Gasteiger partial charge in [-0.05, 0) is 24.3 Å². The third kappa shape index (κ3) is 3.82. The van der Waals surface area contributed by atoms with Crippen molar-refractivity contribution in [3.63, 3.8) is 0 Å². The van der Waals surface area contributed by atoms with Crippen LogP contribution in [0.2, 0.25) is 5.02 Å². The number of hydrogen-bond acceptors (Lipinski definition) is 5. The number of fused-ring (bicyclic) bond motifs is 1. The molecule has 27 heavy (non-hydrogen) atoms. The molecule has 0 saturated heterocycles. The second-order valence-electron chi connectivity index (χ2n) is 5.94. The van der Waals surface area contributed by atoms with Gasteiger partial charge < -0.3 is 9.47 Å². The molecule has 0 spiro atoms. The van der Waals surface area contributed by atoms with Crippen molar-refractivity contribution >= 4 is 34.6 Å². The highest BCUT2D eigenvalue weighted by atomic mass is 35.5. The van der Waals surface area contributed by atoms with E-state index < -0.39 is 0 Å². The van der Waals surface area contributed by atoms with E-state index in [1.165, 1.54) is 11.3 Å². The van der Waals surface area contributed by atoms with Gasteiger partial charge in [0.05, 0.1) is 24.5 Å². The van der Waals surface area contributed by atoms with Crippen LogP contribution in [0.25, 0.3) is 22.9 Å². The maximum absolute atomic E-state index is 9.68. The van der Waals surface area contributed by atoms with Crippen LogP contribution in [0, 0.1) is 11.3 Å². The van der Waals surface area contributed by atoms with E-state index in [1.807, 2.05) is 47.8 Å². The molecule has 0 radical (unpaired) electrons. The van der Waals surface area contributed by atoms with Gasteiger partial charge in [-0.25, -0.2) is 4.98 Å². The molecule has 1 aliphatic heterocycles. The average molecular weight is 395 g/mol. The lowest BCUT2D eigenvalue weighted by Crippen LogP contribution is -1.98. The Balaban J connectivity index is 1.69. The van der Waals surface area contributed by atoms with Gasteiger partial charge in [-0.2, -0.15) is 5.26 Å². The van der Waals surface area contributed by atoms with E-state index in [0.717, 1.165) is 23.2 Å². The quantitative estimate of drug-likeness (QED) is 0.535. The minimum atomic E-state index is 0.487. The fraction of sp³-hybridized carbons (Fsp3) is 0.143. The molecule has 6 heteroatoms. The molecule has 0 saturated carbocycles. The Kier molecular flexibility index (Phi) is 5.10. The zero-order chi connectivity index (χ0) is 18.6. The summed E-state index contributed by atoms with van der Waals surface area (Å²) in [6.07, 6.45) is 2.64. The molecule has 0 bridgehead atoms. The summed E-state index contributed by atoms with van der Waals surface area (Å²) in [4.78, 5) is 4.62. The Morgan fingerprint density at radius 3 is 2.78 bits per heavy atom. The minimum absolute atomic E-state index is 0.487. The zero-order valence-electron chi connectivity index (χ0n) is 14.3. The number of allylic oxidation sites excluding steroid dienone is 1. The van der Waals surface area contributed by atoms with Gasteiger partial charge in [-0.3, -0.25) is 0 Å². The number of halogens is 1. The van der Waals surface area contributed by atoms with Gasteiger partial charge in [0.15, 0.2) is 11.5 Å². The SMILES string of the molecule is N#C/C(=C\c1cccc2c1OCCCO2)c1nc(-c2ccc(Cl)cc2)cs1. The summed E-state index contributed by atoms with van der Waals surface area (Å²) in [5.41, 5.74) is 3.08. The number of nitriles is 1. The van der Waals surface area contributed by atoms with E-state index in [-0.39, 0.29) is 0 Å². The molecule has 0 aliphatic carbocycles. The predicted molar refractivity (Wildman–Crippen MR) is 108 cm³/mol. The number of thiazole rings is 1. The molecule has 0 N–H and O–H groups in total. The first-order valence-electron chi connectivity index (χ1n) is 8.47. The van der Waals surface area contributed by atoms with Crippen LogP contribution >= 0.6 is 22.9 Å². The second-order valence-corrected chi connectivity index (χ2v) is 7.23. The van der Waals surface area contributed by atoms with Crippen LogP contribution in [0.5, 0.6) is 11.5 Å². The van der Waals surface area contributed by atoms with Crippen LogP contribution in [0.15, 0.2) is 47.8 Å². The van der Waals surface area contributed by atoms with Crippen LogP contribution in [-0.2, 0) is 0 Å². The lowest BCUT2D eigenvalue weighted by molar-refractivity contribution is 0.296. The molecule has 3 aromatic rings. The third-order valence-electron chi connectivity index (χ3n) is 4.10. The maximum atomic E-state index is 9.68. The molecule has 134 valence electrons. The Labute approximate surface area is 166 Å². The van der Waals surface area contributed by atoms with Crippen LogP contribution in [0.3, 0.4) is 0 Å². The fourth-order valence-corrected chi connectivity index (χ4v) is 3.70. The van der Waals surface area contributed by atoms with Crippen molar-refractivity contribution in [3.8, 4) is 28.8 Å². The molecule has 4 nitrogen and oxygen atoms in total. The van der Waals surface area contributed by atoms with Gasteiger partial charge in [0.1, 0.15) is 11.1 Å². The highest BCUT2D eigenvalue weighted by molar-refractivity contribution is 7.11. The fourth-order valence-electron chi connectivity index (χ4n) is 2.78. The molecule has 4 rings (SSSR count). The van der Waals surface area contributed by atoms with Gasteiger partial charge in [0.2, 0.25) is 0 Å². The van der Waals surface area contributed by atoms with Gasteiger partial charge in [0, 0.05) is 28.0 Å². The van der Waals surface area contributed by atoms with E-state index in [2.05, 4.69) is 11.1 Å². The molecule has 0 unspecified atom stereocenters. The van der Waals surface area contributed by atoms with Crippen LogP contribution in [-0.4, -0.2) is 18.2 Å². The molecular formula is C21H15ClN2O2S. The van der Waals surface area contributed by atoms with Crippen LogP contribution in [0.1, 0.15) is 17.0 Å².